The highest BCUT2D eigenvalue weighted by atomic mass is 16.7. The van der Waals surface area contributed by atoms with Crippen molar-refractivity contribution in [1.82, 2.24) is 15.5 Å². The molecule has 0 radical (unpaired) electrons. The van der Waals surface area contributed by atoms with Crippen LogP contribution in [0.1, 0.15) is 73.7 Å². The lowest BCUT2D eigenvalue weighted by Gasteiger charge is -2.41. The summed E-state index contributed by atoms with van der Waals surface area (Å²) in [5.74, 6) is -0.0229. The first kappa shape index (κ1) is 39.6. The summed E-state index contributed by atoms with van der Waals surface area (Å²) >= 11 is 0. The standard InChI is InChI=1S/C43H51N5O7/c1-31(50)44-22-6-2-3-9-42(51)45-28-36-7-4-5-8-40(36)33-14-16-35(17-15-33)43-54-39(27-41(55-43)34-12-10-32(30-49)11-13-34)29-46-23-25-47(26-24-46)37-18-20-38(21-19-37)48(52)53/h4-5,7-8,10-21,39,41,43,49H,2-3,6,9,22-30H2,1H3,(H,44,50)(H,45,51)/t39-,41+,43+/m0/s1. The van der Waals surface area contributed by atoms with Crippen LogP contribution in [0.3, 0.4) is 0 Å². The first-order chi connectivity index (χ1) is 26.7. The molecule has 2 fully saturated rings. The van der Waals surface area contributed by atoms with Crippen molar-refractivity contribution >= 4 is 23.2 Å². The van der Waals surface area contributed by atoms with E-state index in [2.05, 4.69) is 38.6 Å². The van der Waals surface area contributed by atoms with Crippen LogP contribution >= 0.6 is 0 Å². The fourth-order valence-corrected chi connectivity index (χ4v) is 7.20. The predicted octanol–water partition coefficient (Wildman–Crippen LogP) is 6.43. The molecule has 12 heteroatoms. The van der Waals surface area contributed by atoms with Gasteiger partial charge in [0.1, 0.15) is 0 Å². The van der Waals surface area contributed by atoms with E-state index in [9.17, 15) is 24.8 Å². The summed E-state index contributed by atoms with van der Waals surface area (Å²) in [7, 11) is 0. The molecule has 290 valence electrons. The lowest BCUT2D eigenvalue weighted by atomic mass is 9.97. The minimum absolute atomic E-state index is 0.0118. The van der Waals surface area contributed by atoms with Gasteiger partial charge in [-0.25, -0.2) is 0 Å². The lowest BCUT2D eigenvalue weighted by Crippen LogP contribution is -2.49. The second-order valence-electron chi connectivity index (χ2n) is 14.3. The molecule has 6 rings (SSSR count). The zero-order valence-electron chi connectivity index (χ0n) is 31.4. The van der Waals surface area contributed by atoms with Gasteiger partial charge in [0.25, 0.3) is 5.69 Å². The van der Waals surface area contributed by atoms with E-state index < -0.39 is 6.29 Å². The number of nitrogens with zero attached hydrogens (tertiary/aromatic N) is 3. The molecule has 2 aliphatic rings. The Kier molecular flexibility index (Phi) is 14.0. The Bertz CT molecular complexity index is 1860. The fourth-order valence-electron chi connectivity index (χ4n) is 7.20. The van der Waals surface area contributed by atoms with Gasteiger partial charge in [-0.3, -0.25) is 24.6 Å². The third-order valence-electron chi connectivity index (χ3n) is 10.3. The van der Waals surface area contributed by atoms with Crippen molar-refractivity contribution in [3.63, 3.8) is 0 Å². The van der Waals surface area contributed by atoms with Crippen LogP contribution in [0.4, 0.5) is 11.4 Å². The lowest BCUT2D eigenvalue weighted by molar-refractivity contribution is -0.384. The van der Waals surface area contributed by atoms with Gasteiger partial charge in [0.2, 0.25) is 11.8 Å². The van der Waals surface area contributed by atoms with E-state index in [1.165, 1.54) is 6.92 Å². The maximum atomic E-state index is 12.6. The molecule has 0 bridgehead atoms. The number of benzene rings is 4. The highest BCUT2D eigenvalue weighted by Gasteiger charge is 2.34. The molecular weight excluding hydrogens is 699 g/mol. The largest absolute Gasteiger partial charge is 0.392 e. The van der Waals surface area contributed by atoms with Gasteiger partial charge in [-0.2, -0.15) is 0 Å². The maximum absolute atomic E-state index is 12.6. The SMILES string of the molecule is CC(=O)NCCCCCC(=O)NCc1ccccc1-c1ccc([C@@H]2O[C@H](CN3CCN(c4ccc([N+](=O)[O-])cc4)CC3)C[C@H](c3ccc(CO)cc3)O2)cc1. The van der Waals surface area contributed by atoms with Gasteiger partial charge in [-0.05, 0) is 52.8 Å². The number of rotatable bonds is 16. The molecule has 0 unspecified atom stereocenters. The fraction of sp³-hybridized carbons (Fsp3) is 0.395. The Hall–Kier alpha value is -5.14. The van der Waals surface area contributed by atoms with Gasteiger partial charge in [0.05, 0.1) is 23.7 Å². The van der Waals surface area contributed by atoms with Gasteiger partial charge >= 0.3 is 0 Å². The van der Waals surface area contributed by atoms with Crippen molar-refractivity contribution in [2.45, 2.75) is 70.7 Å². The van der Waals surface area contributed by atoms with Crippen molar-refractivity contribution in [3.05, 3.63) is 129 Å². The summed E-state index contributed by atoms with van der Waals surface area (Å²) in [6, 6.07) is 31.0. The average Bonchev–Trinajstić information content (AvgIpc) is 3.21. The van der Waals surface area contributed by atoms with Crippen LogP contribution in [0.5, 0.6) is 0 Å². The molecule has 4 aromatic carbocycles. The number of nitro groups is 1. The summed E-state index contributed by atoms with van der Waals surface area (Å²) in [4.78, 5) is 39.0. The molecule has 0 aliphatic carbocycles. The summed E-state index contributed by atoms with van der Waals surface area (Å²) in [5.41, 5.74) is 6.98. The van der Waals surface area contributed by atoms with Crippen LogP contribution in [0.2, 0.25) is 0 Å². The molecule has 2 aliphatic heterocycles. The van der Waals surface area contributed by atoms with Crippen LogP contribution in [0.15, 0.2) is 97.1 Å². The number of anilines is 1. The van der Waals surface area contributed by atoms with E-state index in [1.807, 2.05) is 66.7 Å². The van der Waals surface area contributed by atoms with Crippen LogP contribution in [0.25, 0.3) is 11.1 Å². The molecule has 0 spiro atoms. The predicted molar refractivity (Wildman–Crippen MR) is 211 cm³/mol. The van der Waals surface area contributed by atoms with Crippen molar-refractivity contribution in [3.8, 4) is 11.1 Å². The second kappa shape index (κ2) is 19.4. The number of piperazine rings is 1. The topological polar surface area (TPSA) is 147 Å². The van der Waals surface area contributed by atoms with Crippen LogP contribution < -0.4 is 15.5 Å². The average molecular weight is 750 g/mol. The van der Waals surface area contributed by atoms with E-state index in [4.69, 9.17) is 9.47 Å². The summed E-state index contributed by atoms with van der Waals surface area (Å²) in [6.45, 7) is 6.59. The summed E-state index contributed by atoms with van der Waals surface area (Å²) < 4.78 is 13.3. The molecule has 3 N–H and O–H groups in total. The Labute approximate surface area is 322 Å². The Morgan fingerprint density at radius 1 is 0.836 bits per heavy atom. The molecule has 12 nitrogen and oxygen atoms in total. The van der Waals surface area contributed by atoms with Gasteiger partial charge in [-0.1, -0.05) is 79.2 Å². The maximum Gasteiger partial charge on any atom is 0.269 e. The Morgan fingerprint density at radius 2 is 1.55 bits per heavy atom. The Morgan fingerprint density at radius 3 is 2.24 bits per heavy atom. The van der Waals surface area contributed by atoms with E-state index in [0.717, 1.165) is 91.1 Å². The molecule has 2 amide bonds. The van der Waals surface area contributed by atoms with Crippen molar-refractivity contribution in [2.75, 3.05) is 44.2 Å². The minimum atomic E-state index is -0.579. The number of unbranched alkanes of at least 4 members (excludes halogenated alkanes) is 2. The molecular formula is C43H51N5O7. The van der Waals surface area contributed by atoms with E-state index in [1.54, 1.807) is 12.1 Å². The quantitative estimate of drug-likeness (QED) is 0.0670. The molecule has 55 heavy (non-hydrogen) atoms. The number of nitrogens with one attached hydrogen (secondary N) is 2. The number of carbonyl (C=O) groups excluding carboxylic acids is 2. The molecule has 2 heterocycles. The molecule has 0 saturated carbocycles. The van der Waals surface area contributed by atoms with E-state index >= 15 is 0 Å². The number of carbonyl (C=O) groups is 2. The zero-order valence-corrected chi connectivity index (χ0v) is 31.4. The van der Waals surface area contributed by atoms with Gasteiger partial charge < -0.3 is 30.1 Å². The van der Waals surface area contributed by atoms with Gasteiger partial charge in [-0.15, -0.1) is 0 Å². The normalized spacial score (nSPS) is 18.8. The summed E-state index contributed by atoms with van der Waals surface area (Å²) in [5, 5.41) is 26.6. The van der Waals surface area contributed by atoms with Crippen molar-refractivity contribution < 1.29 is 29.1 Å². The third-order valence-corrected chi connectivity index (χ3v) is 10.3. The smallest absolute Gasteiger partial charge is 0.269 e. The number of non-ortho nitro benzene ring substituents is 1. The monoisotopic (exact) mass is 749 g/mol. The van der Waals surface area contributed by atoms with Gasteiger partial charge in [0.15, 0.2) is 6.29 Å². The number of nitro benzene ring substituents is 1. The highest BCUT2D eigenvalue weighted by molar-refractivity contribution is 5.76. The molecule has 3 atom stereocenters. The minimum Gasteiger partial charge on any atom is -0.392 e. The first-order valence-corrected chi connectivity index (χ1v) is 19.2. The van der Waals surface area contributed by atoms with E-state index in [-0.39, 0.29) is 41.2 Å². The number of amides is 2. The molecule has 4 aromatic rings. The zero-order chi connectivity index (χ0) is 38.6. The van der Waals surface area contributed by atoms with Gasteiger partial charge in [0, 0.05) is 89.0 Å². The Balaban J connectivity index is 1.08. The van der Waals surface area contributed by atoms with Crippen molar-refractivity contribution in [1.29, 1.82) is 0 Å². The van der Waals surface area contributed by atoms with Crippen LogP contribution in [0, 0.1) is 10.1 Å². The molecule has 2 saturated heterocycles. The summed E-state index contributed by atoms with van der Waals surface area (Å²) in [6.07, 6.45) is 2.78. The van der Waals surface area contributed by atoms with E-state index in [0.29, 0.717) is 25.9 Å². The first-order valence-electron chi connectivity index (χ1n) is 19.2. The number of hydrogen-bond acceptors (Lipinski definition) is 9. The number of ether oxygens (including phenoxy) is 2. The van der Waals surface area contributed by atoms with Crippen molar-refractivity contribution in [2.24, 2.45) is 0 Å². The third kappa shape index (κ3) is 11.2. The second-order valence-corrected chi connectivity index (χ2v) is 14.3. The number of aliphatic hydroxyl groups excluding tert-OH is 1. The van der Waals surface area contributed by atoms with Crippen LogP contribution in [-0.2, 0) is 32.2 Å². The van der Waals surface area contributed by atoms with Crippen LogP contribution in [-0.4, -0.2) is 72.1 Å². The molecule has 0 aromatic heterocycles. The highest BCUT2D eigenvalue weighted by Crippen LogP contribution is 2.39. The number of aliphatic hydroxyl groups is 1. The number of hydrogen-bond donors (Lipinski definition) is 3.